The van der Waals surface area contributed by atoms with E-state index < -0.39 is 0 Å². The minimum atomic E-state index is -0.129. The Hall–Kier alpha value is -16.8. The molecule has 4 aliphatic carbocycles. The Bertz CT molecular complexity index is 8710. The van der Waals surface area contributed by atoms with Crippen LogP contribution < -0.4 is 0 Å². The summed E-state index contributed by atoms with van der Waals surface area (Å²) in [5.41, 5.74) is 35.3. The Morgan fingerprint density at radius 2 is 0.363 bits per heavy atom. The van der Waals surface area contributed by atoms with Crippen molar-refractivity contribution in [2.75, 3.05) is 0 Å². The van der Waals surface area contributed by atoms with Crippen LogP contribution in [0.2, 0.25) is 0 Å². The highest BCUT2D eigenvalue weighted by atomic mass is 15.2. The van der Waals surface area contributed by atoms with Crippen molar-refractivity contribution in [2.24, 2.45) is 0 Å². The molecular formula is C123H90N12. The lowest BCUT2D eigenvalue weighted by molar-refractivity contribution is 0.660. The summed E-state index contributed by atoms with van der Waals surface area (Å²) in [5, 5.41) is 7.13. The van der Waals surface area contributed by atoms with Crippen LogP contribution in [0.3, 0.4) is 0 Å². The van der Waals surface area contributed by atoms with E-state index in [1.807, 2.05) is 103 Å². The van der Waals surface area contributed by atoms with Gasteiger partial charge in [-0.3, -0.25) is 13.7 Å². The van der Waals surface area contributed by atoms with E-state index in [0.29, 0.717) is 52.8 Å². The highest BCUT2D eigenvalue weighted by Gasteiger charge is 2.41. The number of benzene rings is 17. The van der Waals surface area contributed by atoms with Gasteiger partial charge in [-0.05, 0) is 161 Å². The molecule has 135 heavy (non-hydrogen) atoms. The van der Waals surface area contributed by atoms with Gasteiger partial charge >= 0.3 is 0 Å². The summed E-state index contributed by atoms with van der Waals surface area (Å²) in [6.07, 6.45) is 0. The number of fused-ring (bicyclic) bond motifs is 21. The molecule has 0 saturated carbocycles. The number of rotatable bonds is 10. The molecule has 6 aromatic heterocycles. The Balaban J connectivity index is 0.000000109. The summed E-state index contributed by atoms with van der Waals surface area (Å²) in [7, 11) is 0. The van der Waals surface area contributed by atoms with Crippen molar-refractivity contribution >= 4 is 65.4 Å². The molecule has 0 spiro atoms. The number of hydrogen-bond donors (Lipinski definition) is 0. The molecule has 6 heterocycles. The minimum Gasteiger partial charge on any atom is -0.278 e. The summed E-state index contributed by atoms with van der Waals surface area (Å²) in [5.74, 6) is 5.76. The Morgan fingerprint density at radius 1 is 0.148 bits per heavy atom. The van der Waals surface area contributed by atoms with Crippen LogP contribution in [-0.2, 0) is 21.7 Å². The standard InChI is InChI=1S/C45H34N4.C42H30N4.C36H26N4/c1-44(2)35-19-11-8-16-29(35)31-23-22-28(24-37(31)44)42-46-41(27-14-6-5-7-15-27)47-43(48-42)49-39-21-13-10-18-32(39)34-25-33-30-17-9-12-20-36(30)45(3,4)38(33)26-40(34)49;1-42(2)35-19-11-9-17-31(35)33-25-34-32-18-10-12-20-37(32)46(38(34)26-36(33)42)41-44-39(29-15-7-4-8-16-29)43-40(45-41)30-23-21-28(22-24-30)27-13-5-3-6-14-27;1-36(2)29-19-11-9-17-25(29)27-21-28-26-18-10-12-20-31(26)40(32(28)22-30(27)36)35-38-33(23-13-5-3-6-14-23)37-34(39-35)24-15-7-4-8-16-24/h5-26H,1-4H3;3-26H,1-2H3;3-22H,1-2H3. The minimum absolute atomic E-state index is 0.106. The van der Waals surface area contributed by atoms with Gasteiger partial charge in [-0.1, -0.05) is 395 Å². The van der Waals surface area contributed by atoms with Crippen LogP contribution in [0.5, 0.6) is 0 Å². The molecule has 0 fully saturated rings. The van der Waals surface area contributed by atoms with E-state index in [-0.39, 0.29) is 21.7 Å². The van der Waals surface area contributed by atoms with Crippen molar-refractivity contribution in [3.63, 3.8) is 0 Å². The molecule has 0 saturated heterocycles. The van der Waals surface area contributed by atoms with E-state index in [2.05, 4.69) is 366 Å². The highest BCUT2D eigenvalue weighted by molar-refractivity contribution is 6.14. The first kappa shape index (κ1) is 80.3. The van der Waals surface area contributed by atoms with E-state index in [9.17, 15) is 0 Å². The average molecular weight is 1740 g/mol. The van der Waals surface area contributed by atoms with E-state index >= 15 is 0 Å². The Labute approximate surface area is 782 Å². The summed E-state index contributed by atoms with van der Waals surface area (Å²) in [6.45, 7) is 18.6. The van der Waals surface area contributed by atoms with Gasteiger partial charge in [0.05, 0.1) is 33.1 Å². The molecule has 0 N–H and O–H groups in total. The Kier molecular flexibility index (Phi) is 18.4. The first-order valence-corrected chi connectivity index (χ1v) is 46.4. The third kappa shape index (κ3) is 12.9. The van der Waals surface area contributed by atoms with E-state index in [1.54, 1.807) is 0 Å². The zero-order chi connectivity index (χ0) is 90.7. The van der Waals surface area contributed by atoms with Crippen LogP contribution >= 0.6 is 0 Å². The van der Waals surface area contributed by atoms with Crippen LogP contribution in [-0.4, -0.2) is 58.6 Å². The third-order valence-corrected chi connectivity index (χ3v) is 28.8. The molecule has 642 valence electrons. The van der Waals surface area contributed by atoms with Gasteiger partial charge in [0.15, 0.2) is 34.9 Å². The molecule has 12 nitrogen and oxygen atoms in total. The lowest BCUT2D eigenvalue weighted by Crippen LogP contribution is -2.15. The van der Waals surface area contributed by atoms with E-state index in [0.717, 1.165) is 72.0 Å². The molecule has 12 heteroatoms. The first-order chi connectivity index (χ1) is 66.0. The van der Waals surface area contributed by atoms with Gasteiger partial charge in [-0.15, -0.1) is 0 Å². The molecule has 27 rings (SSSR count). The van der Waals surface area contributed by atoms with Crippen molar-refractivity contribution in [1.82, 2.24) is 58.6 Å². The molecule has 0 aliphatic heterocycles. The number of hydrogen-bond acceptors (Lipinski definition) is 9. The fourth-order valence-corrected chi connectivity index (χ4v) is 21.9. The second-order valence-electron chi connectivity index (χ2n) is 38.0. The van der Waals surface area contributed by atoms with Crippen LogP contribution in [0.25, 0.3) is 207 Å². The van der Waals surface area contributed by atoms with Gasteiger partial charge in [-0.25, -0.2) is 15.0 Å². The van der Waals surface area contributed by atoms with Gasteiger partial charge in [0.1, 0.15) is 0 Å². The predicted octanol–water partition coefficient (Wildman–Crippen LogP) is 29.8. The zero-order valence-electron chi connectivity index (χ0n) is 76.0. The van der Waals surface area contributed by atoms with Crippen LogP contribution in [0.4, 0.5) is 0 Å². The predicted molar refractivity (Wildman–Crippen MR) is 551 cm³/mol. The molecule has 0 unspecified atom stereocenters. The van der Waals surface area contributed by atoms with Crippen molar-refractivity contribution in [1.29, 1.82) is 0 Å². The molecule has 23 aromatic rings. The third-order valence-electron chi connectivity index (χ3n) is 28.8. The van der Waals surface area contributed by atoms with Gasteiger partial charge in [-0.2, -0.15) is 29.9 Å². The summed E-state index contributed by atoms with van der Waals surface area (Å²) >= 11 is 0. The van der Waals surface area contributed by atoms with E-state index in [4.69, 9.17) is 44.9 Å². The number of nitrogens with zero attached hydrogens (tertiary/aromatic N) is 12. The summed E-state index contributed by atoms with van der Waals surface area (Å²) < 4.78 is 6.68. The Morgan fingerprint density at radius 3 is 0.674 bits per heavy atom. The smallest absolute Gasteiger partial charge is 0.238 e. The fourth-order valence-electron chi connectivity index (χ4n) is 21.9. The fraction of sp³-hybridized carbons (Fsp3) is 0.0976. The lowest BCUT2D eigenvalue weighted by Gasteiger charge is -2.22. The van der Waals surface area contributed by atoms with Gasteiger partial charge < -0.3 is 0 Å². The second-order valence-corrected chi connectivity index (χ2v) is 38.0. The van der Waals surface area contributed by atoms with Gasteiger partial charge in [0.2, 0.25) is 17.8 Å². The molecule has 0 radical (unpaired) electrons. The molecule has 0 atom stereocenters. The maximum absolute atomic E-state index is 5.30. The largest absolute Gasteiger partial charge is 0.278 e. The van der Waals surface area contributed by atoms with Crippen molar-refractivity contribution in [3.05, 3.63) is 445 Å². The van der Waals surface area contributed by atoms with Crippen LogP contribution in [0, 0.1) is 0 Å². The lowest BCUT2D eigenvalue weighted by atomic mass is 9.82. The molecule has 17 aromatic carbocycles. The second kappa shape index (κ2) is 30.9. The maximum Gasteiger partial charge on any atom is 0.238 e. The number of para-hydroxylation sites is 3. The molecule has 0 amide bonds. The van der Waals surface area contributed by atoms with Crippen LogP contribution in [0.15, 0.2) is 400 Å². The van der Waals surface area contributed by atoms with Crippen molar-refractivity contribution in [2.45, 2.75) is 77.0 Å². The SMILES string of the molecule is CC1(C)c2ccccc2-c2cc3c4ccccc4n(-c4nc(-c5ccccc5)nc(-c5ccc(-c6ccccc6)cc5)n4)c3cc21.CC1(C)c2ccccc2-c2cc3c4ccccc4n(-c4nc(-c5ccccc5)nc(-c5ccccc5)n4)c3cc21.CC1(C)c2ccccc2-c2ccc(-c3nc(-c4ccccc4)nc(-n4c5ccccc5c5cc6c(cc54)C(C)(C)c4ccccc4-6)n3)cc21. The van der Waals surface area contributed by atoms with E-state index in [1.165, 1.54) is 127 Å². The van der Waals surface area contributed by atoms with Crippen molar-refractivity contribution < 1.29 is 0 Å². The quantitative estimate of drug-likeness (QED) is 0.131. The summed E-state index contributed by atoms with van der Waals surface area (Å²) in [4.78, 5) is 46.1. The first-order valence-electron chi connectivity index (χ1n) is 46.4. The van der Waals surface area contributed by atoms with Crippen molar-refractivity contribution in [3.8, 4) is 142 Å². The van der Waals surface area contributed by atoms with Crippen LogP contribution in [0.1, 0.15) is 99.9 Å². The normalized spacial score (nSPS) is 13.9. The van der Waals surface area contributed by atoms with Gasteiger partial charge in [0.25, 0.3) is 0 Å². The highest BCUT2D eigenvalue weighted by Crippen LogP contribution is 2.56. The average Bonchev–Trinajstić information content (AvgIpc) is 1.56. The van der Waals surface area contributed by atoms with Gasteiger partial charge in [0, 0.05) is 87.4 Å². The monoisotopic (exact) mass is 1730 g/mol. The number of aromatic nitrogens is 12. The molecular weight excluding hydrogens is 1650 g/mol. The molecule has 0 bridgehead atoms. The topological polar surface area (TPSA) is 131 Å². The maximum atomic E-state index is 5.30. The zero-order valence-corrected chi connectivity index (χ0v) is 76.0. The summed E-state index contributed by atoms with van der Waals surface area (Å²) in [6, 6.07) is 141. The molecule has 4 aliphatic rings.